The molecule has 108 valence electrons. The largest absolute Gasteiger partial charge is 0.340 e. The Labute approximate surface area is 130 Å². The van der Waals surface area contributed by atoms with Gasteiger partial charge in [0.15, 0.2) is 0 Å². The van der Waals surface area contributed by atoms with E-state index in [0.29, 0.717) is 0 Å². The first kappa shape index (κ1) is 13.1. The summed E-state index contributed by atoms with van der Waals surface area (Å²) in [7, 11) is 0. The number of nitrogens with zero attached hydrogens (tertiary/aromatic N) is 1. The summed E-state index contributed by atoms with van der Waals surface area (Å²) in [5.74, 6) is 0. The number of hydrogen-bond donors (Lipinski definition) is 0. The van der Waals surface area contributed by atoms with Crippen LogP contribution in [0.2, 0.25) is 0 Å². The highest BCUT2D eigenvalue weighted by atomic mass is 15.0. The molecular weight excluding hydrogens is 266 g/mol. The lowest BCUT2D eigenvalue weighted by atomic mass is 10.1. The van der Waals surface area contributed by atoms with Crippen molar-refractivity contribution in [3.05, 3.63) is 83.9 Å². The van der Waals surface area contributed by atoms with E-state index in [4.69, 9.17) is 0 Å². The lowest BCUT2D eigenvalue weighted by molar-refractivity contribution is 0.745. The van der Waals surface area contributed by atoms with E-state index in [2.05, 4.69) is 84.3 Å². The van der Waals surface area contributed by atoms with Gasteiger partial charge >= 0.3 is 0 Å². The van der Waals surface area contributed by atoms with Crippen LogP contribution < -0.4 is 0 Å². The van der Waals surface area contributed by atoms with Crippen molar-refractivity contribution < 1.29 is 0 Å². The molecule has 0 unspecified atom stereocenters. The summed E-state index contributed by atoms with van der Waals surface area (Å²) < 4.78 is 2.45. The normalized spacial score (nSPS) is 11.3. The molecule has 0 spiro atoms. The monoisotopic (exact) mass is 285 g/mol. The van der Waals surface area contributed by atoms with Crippen LogP contribution in [0.4, 0.5) is 0 Å². The van der Waals surface area contributed by atoms with Crippen molar-refractivity contribution in [2.24, 2.45) is 0 Å². The van der Waals surface area contributed by atoms with E-state index in [1.807, 2.05) is 0 Å². The van der Waals surface area contributed by atoms with Crippen molar-refractivity contribution in [3.63, 3.8) is 0 Å². The zero-order chi connectivity index (χ0) is 14.9. The molecule has 0 aliphatic heterocycles. The summed E-state index contributed by atoms with van der Waals surface area (Å²) in [6.45, 7) is 3.15. The van der Waals surface area contributed by atoms with E-state index < -0.39 is 0 Å². The van der Waals surface area contributed by atoms with Gasteiger partial charge in [-0.25, -0.2) is 0 Å². The molecule has 0 bridgehead atoms. The second-order valence-corrected chi connectivity index (χ2v) is 5.92. The fraction of sp³-hybridized carbons (Fsp3) is 0.143. The van der Waals surface area contributed by atoms with Crippen molar-refractivity contribution in [2.45, 2.75) is 19.9 Å². The van der Waals surface area contributed by atoms with Gasteiger partial charge in [-0.1, -0.05) is 66.2 Å². The van der Waals surface area contributed by atoms with Gasteiger partial charge in [0, 0.05) is 28.4 Å². The van der Waals surface area contributed by atoms with Crippen LogP contribution in [0.25, 0.3) is 21.8 Å². The van der Waals surface area contributed by atoms with Crippen molar-refractivity contribution in [3.8, 4) is 0 Å². The van der Waals surface area contributed by atoms with Crippen molar-refractivity contribution in [2.75, 3.05) is 0 Å². The maximum Gasteiger partial charge on any atom is 0.0491 e. The molecule has 0 fully saturated rings. The second kappa shape index (κ2) is 5.34. The summed E-state index contributed by atoms with van der Waals surface area (Å²) in [5.41, 5.74) is 5.37. The average molecular weight is 285 g/mol. The zero-order valence-corrected chi connectivity index (χ0v) is 12.8. The van der Waals surface area contributed by atoms with Gasteiger partial charge in [0.05, 0.1) is 0 Å². The highest BCUT2D eigenvalue weighted by Crippen LogP contribution is 2.28. The summed E-state index contributed by atoms with van der Waals surface area (Å²) in [4.78, 5) is 0. The number of benzene rings is 3. The van der Waals surface area contributed by atoms with Gasteiger partial charge in [0.2, 0.25) is 0 Å². The molecule has 0 radical (unpaired) electrons. The molecule has 3 aromatic carbocycles. The van der Waals surface area contributed by atoms with Gasteiger partial charge in [0.1, 0.15) is 0 Å². The van der Waals surface area contributed by atoms with E-state index in [0.717, 1.165) is 13.0 Å². The van der Waals surface area contributed by atoms with Crippen molar-refractivity contribution in [1.82, 2.24) is 4.57 Å². The smallest absolute Gasteiger partial charge is 0.0491 e. The third kappa shape index (κ3) is 2.19. The number of rotatable bonds is 3. The Balaban J connectivity index is 1.77. The minimum atomic E-state index is 1.01. The minimum absolute atomic E-state index is 1.01. The average Bonchev–Trinajstić information content (AvgIpc) is 2.89. The molecule has 4 aromatic rings. The van der Waals surface area contributed by atoms with Gasteiger partial charge in [-0.15, -0.1) is 0 Å². The third-order valence-corrected chi connectivity index (χ3v) is 4.42. The highest BCUT2D eigenvalue weighted by Gasteiger charge is 2.09. The molecule has 1 heteroatoms. The molecule has 1 nitrogen and oxygen atoms in total. The third-order valence-electron chi connectivity index (χ3n) is 4.42. The molecule has 0 amide bonds. The van der Waals surface area contributed by atoms with Crippen molar-refractivity contribution in [1.29, 1.82) is 0 Å². The summed E-state index contributed by atoms with van der Waals surface area (Å²) in [6, 6.07) is 26.3. The number of aromatic nitrogens is 1. The molecule has 0 aliphatic carbocycles. The van der Waals surface area contributed by atoms with E-state index in [9.17, 15) is 0 Å². The summed E-state index contributed by atoms with van der Waals surface area (Å²) in [5, 5.41) is 2.70. The van der Waals surface area contributed by atoms with E-state index in [-0.39, 0.29) is 0 Å². The number of hydrogen-bond acceptors (Lipinski definition) is 0. The Morgan fingerprint density at radius 2 is 1.23 bits per heavy atom. The Hall–Kier alpha value is -2.54. The standard InChI is InChI=1S/C21H19N/c1-16-10-12-17(13-11-16)14-15-22-20-8-4-2-6-18(20)19-7-3-5-9-21(19)22/h2-13H,14-15H2,1H3. The molecule has 1 aromatic heterocycles. The fourth-order valence-electron chi connectivity index (χ4n) is 3.24. The van der Waals surface area contributed by atoms with Crippen LogP contribution in [-0.2, 0) is 13.0 Å². The van der Waals surface area contributed by atoms with Crippen LogP contribution in [-0.4, -0.2) is 4.57 Å². The molecule has 0 aliphatic rings. The molecule has 22 heavy (non-hydrogen) atoms. The van der Waals surface area contributed by atoms with Crippen LogP contribution in [0.1, 0.15) is 11.1 Å². The fourth-order valence-corrected chi connectivity index (χ4v) is 3.24. The minimum Gasteiger partial charge on any atom is -0.340 e. The van der Waals surface area contributed by atoms with Crippen molar-refractivity contribution >= 4 is 21.8 Å². The Bertz CT molecular complexity index is 876. The van der Waals surface area contributed by atoms with Crippen LogP contribution in [0.15, 0.2) is 72.8 Å². The Morgan fingerprint density at radius 3 is 1.82 bits per heavy atom. The second-order valence-electron chi connectivity index (χ2n) is 5.92. The maximum absolute atomic E-state index is 2.45. The first-order chi connectivity index (χ1) is 10.8. The first-order valence-corrected chi connectivity index (χ1v) is 7.84. The Morgan fingerprint density at radius 1 is 0.682 bits per heavy atom. The SMILES string of the molecule is Cc1ccc(CCn2c3ccccc3c3ccccc32)cc1. The number of aryl methyl sites for hydroxylation is 3. The molecule has 4 rings (SSSR count). The van der Waals surface area contributed by atoms with Gasteiger partial charge < -0.3 is 4.57 Å². The maximum atomic E-state index is 2.45. The molecular formula is C21H19N. The quantitative estimate of drug-likeness (QED) is 0.478. The predicted molar refractivity (Wildman–Crippen MR) is 94.3 cm³/mol. The lowest BCUT2D eigenvalue weighted by Crippen LogP contribution is -2.01. The molecule has 0 saturated heterocycles. The number of fused-ring (bicyclic) bond motifs is 3. The van der Waals surface area contributed by atoms with Gasteiger partial charge in [-0.2, -0.15) is 0 Å². The zero-order valence-electron chi connectivity index (χ0n) is 12.8. The van der Waals surface area contributed by atoms with Gasteiger partial charge in [0.25, 0.3) is 0 Å². The Kier molecular flexibility index (Phi) is 3.19. The van der Waals surface area contributed by atoms with Crippen LogP contribution in [0.3, 0.4) is 0 Å². The topological polar surface area (TPSA) is 4.93 Å². The predicted octanol–water partition coefficient (Wildman–Crippen LogP) is 5.35. The first-order valence-electron chi connectivity index (χ1n) is 7.84. The van der Waals surface area contributed by atoms with E-state index >= 15 is 0 Å². The summed E-state index contributed by atoms with van der Waals surface area (Å²) in [6.07, 6.45) is 1.06. The molecule has 0 saturated carbocycles. The van der Waals surface area contributed by atoms with E-state index in [1.54, 1.807) is 0 Å². The van der Waals surface area contributed by atoms with Gasteiger partial charge in [-0.05, 0) is 31.0 Å². The van der Waals surface area contributed by atoms with Crippen LogP contribution in [0.5, 0.6) is 0 Å². The molecule has 0 atom stereocenters. The summed E-state index contributed by atoms with van der Waals surface area (Å²) >= 11 is 0. The van der Waals surface area contributed by atoms with Crippen LogP contribution >= 0.6 is 0 Å². The highest BCUT2D eigenvalue weighted by molar-refractivity contribution is 6.07. The molecule has 1 heterocycles. The number of para-hydroxylation sites is 2. The lowest BCUT2D eigenvalue weighted by Gasteiger charge is -2.08. The van der Waals surface area contributed by atoms with Gasteiger partial charge in [-0.3, -0.25) is 0 Å². The van der Waals surface area contributed by atoms with Crippen LogP contribution in [0, 0.1) is 6.92 Å². The molecule has 0 N–H and O–H groups in total. The van der Waals surface area contributed by atoms with E-state index in [1.165, 1.54) is 32.9 Å².